The standard InChI is InChI=1S/C44H42ClN9O6S/c45-33-7-5-30(6-8-33)36-4-2-1-3-32(36)28-51-17-19-52(20-18-51)34-9-11-37(40(24-34)53-41-23-31-13-16-46-43(31)49-39(41)27-48-53)44(55)50-61(58,59)35-10-12-38(42(25-35)54(56)57)47-26-29-14-21-60-22-15-29/h1-13,16,23-25,27,29,47H,14-15,17-22,26,28H2,(H,46,49)(H,50,55). The molecule has 0 spiro atoms. The van der Waals surface area contributed by atoms with Crippen molar-refractivity contribution in [2.45, 2.75) is 24.3 Å². The number of carbonyl (C=O) groups is 1. The van der Waals surface area contributed by atoms with Crippen molar-refractivity contribution in [2.24, 2.45) is 5.92 Å². The molecule has 1 amide bonds. The Bertz CT molecular complexity index is 2870. The molecule has 0 bridgehead atoms. The van der Waals surface area contributed by atoms with E-state index in [2.05, 4.69) is 53.1 Å². The van der Waals surface area contributed by atoms with E-state index in [4.69, 9.17) is 16.3 Å². The average Bonchev–Trinajstić information content (AvgIpc) is 3.92. The van der Waals surface area contributed by atoms with Gasteiger partial charge in [0.15, 0.2) is 0 Å². The normalized spacial score (nSPS) is 15.3. The second-order valence-electron chi connectivity index (χ2n) is 15.3. The number of nitro groups is 1. The van der Waals surface area contributed by atoms with Crippen molar-refractivity contribution >= 4 is 66.7 Å². The molecule has 2 aliphatic rings. The van der Waals surface area contributed by atoms with Crippen LogP contribution in [0.3, 0.4) is 0 Å². The highest BCUT2D eigenvalue weighted by Gasteiger charge is 2.28. The molecule has 312 valence electrons. The molecule has 3 N–H and O–H groups in total. The van der Waals surface area contributed by atoms with Crippen molar-refractivity contribution in [3.8, 4) is 16.8 Å². The highest BCUT2D eigenvalue weighted by molar-refractivity contribution is 7.90. The number of carbonyl (C=O) groups excluding carboxylic acids is 1. The highest BCUT2D eigenvalue weighted by Crippen LogP contribution is 2.32. The fourth-order valence-corrected chi connectivity index (χ4v) is 9.21. The lowest BCUT2D eigenvalue weighted by atomic mass is 9.99. The van der Waals surface area contributed by atoms with E-state index < -0.39 is 31.4 Å². The lowest BCUT2D eigenvalue weighted by Crippen LogP contribution is -2.46. The number of nitro benzene ring substituents is 1. The molecule has 0 unspecified atom stereocenters. The predicted octanol–water partition coefficient (Wildman–Crippen LogP) is 7.41. The Morgan fingerprint density at radius 1 is 0.951 bits per heavy atom. The van der Waals surface area contributed by atoms with Crippen LogP contribution < -0.4 is 14.9 Å². The Labute approximate surface area is 356 Å². The molecule has 5 heterocycles. The van der Waals surface area contributed by atoms with Crippen LogP contribution in [0.25, 0.3) is 38.9 Å². The van der Waals surface area contributed by atoms with E-state index in [-0.39, 0.29) is 17.2 Å². The number of fused-ring (bicyclic) bond motifs is 2. The van der Waals surface area contributed by atoms with Crippen molar-refractivity contribution < 1.29 is 22.9 Å². The van der Waals surface area contributed by atoms with Gasteiger partial charge in [-0.25, -0.2) is 22.8 Å². The third kappa shape index (κ3) is 8.52. The van der Waals surface area contributed by atoms with E-state index in [1.54, 1.807) is 29.2 Å². The summed E-state index contributed by atoms with van der Waals surface area (Å²) in [5.74, 6) is -0.651. The minimum Gasteiger partial charge on any atom is -0.381 e. The molecule has 9 rings (SSSR count). The molecule has 0 atom stereocenters. The first-order chi connectivity index (χ1) is 29.6. The first-order valence-electron chi connectivity index (χ1n) is 20.0. The number of benzene rings is 4. The quantitative estimate of drug-likeness (QED) is 0.0823. The zero-order chi connectivity index (χ0) is 42.1. The molecule has 4 aromatic carbocycles. The van der Waals surface area contributed by atoms with Gasteiger partial charge in [0.25, 0.3) is 21.6 Å². The number of pyridine rings is 1. The van der Waals surface area contributed by atoms with Gasteiger partial charge in [0, 0.05) is 80.8 Å². The number of anilines is 2. The smallest absolute Gasteiger partial charge is 0.293 e. The molecule has 0 aliphatic carbocycles. The minimum atomic E-state index is -4.57. The van der Waals surface area contributed by atoms with Gasteiger partial charge in [-0.15, -0.1) is 0 Å². The molecule has 61 heavy (non-hydrogen) atoms. The van der Waals surface area contributed by atoms with Crippen molar-refractivity contribution in [1.29, 1.82) is 0 Å². The monoisotopic (exact) mass is 859 g/mol. The van der Waals surface area contributed by atoms with Gasteiger partial charge in [-0.2, -0.15) is 5.10 Å². The van der Waals surface area contributed by atoms with Gasteiger partial charge in [-0.05, 0) is 90.0 Å². The molecular weight excluding hydrogens is 818 g/mol. The molecule has 17 heteroatoms. The highest BCUT2D eigenvalue weighted by atomic mass is 35.5. The molecular formula is C44H42ClN9O6S. The summed E-state index contributed by atoms with van der Waals surface area (Å²) in [6.45, 7) is 5.46. The maximum absolute atomic E-state index is 14.1. The lowest BCUT2D eigenvalue weighted by Gasteiger charge is -2.36. The number of ether oxygens (including phenoxy) is 1. The number of rotatable bonds is 12. The van der Waals surface area contributed by atoms with E-state index in [1.165, 1.54) is 17.7 Å². The molecule has 3 aromatic heterocycles. The second kappa shape index (κ2) is 17.0. The number of H-pyrrole nitrogens is 1. The zero-order valence-electron chi connectivity index (χ0n) is 33.0. The molecule has 0 radical (unpaired) electrons. The number of nitrogens with one attached hydrogen (secondary N) is 3. The van der Waals surface area contributed by atoms with Gasteiger partial charge in [0.05, 0.1) is 32.8 Å². The Morgan fingerprint density at radius 3 is 2.52 bits per heavy atom. The van der Waals surface area contributed by atoms with Crippen LogP contribution in [0.1, 0.15) is 28.8 Å². The van der Waals surface area contributed by atoms with E-state index in [9.17, 15) is 23.3 Å². The fourth-order valence-electron chi connectivity index (χ4n) is 8.09. The van der Waals surface area contributed by atoms with Crippen molar-refractivity contribution in [3.05, 3.63) is 136 Å². The van der Waals surface area contributed by atoms with E-state index in [1.807, 2.05) is 48.5 Å². The largest absolute Gasteiger partial charge is 0.381 e. The number of aromatic nitrogens is 4. The minimum absolute atomic E-state index is 0.0354. The number of hydrogen-bond acceptors (Lipinski definition) is 11. The topological polar surface area (TPSA) is 181 Å². The number of hydrogen-bond donors (Lipinski definition) is 3. The van der Waals surface area contributed by atoms with Crippen molar-refractivity contribution in [3.63, 3.8) is 0 Å². The van der Waals surface area contributed by atoms with Gasteiger partial charge in [-0.1, -0.05) is 48.0 Å². The molecule has 15 nitrogen and oxygen atoms in total. The van der Waals surface area contributed by atoms with Crippen LogP contribution in [-0.4, -0.2) is 89.8 Å². The number of nitrogens with zero attached hydrogens (tertiary/aromatic N) is 6. The summed E-state index contributed by atoms with van der Waals surface area (Å²) in [6, 6.07) is 28.8. The molecule has 2 aliphatic heterocycles. The van der Waals surface area contributed by atoms with Crippen LogP contribution in [-0.2, 0) is 21.3 Å². The van der Waals surface area contributed by atoms with Crippen LogP contribution >= 0.6 is 11.6 Å². The summed E-state index contributed by atoms with van der Waals surface area (Å²) in [7, 11) is -4.57. The third-order valence-corrected chi connectivity index (χ3v) is 13.0. The number of halogens is 1. The summed E-state index contributed by atoms with van der Waals surface area (Å²) in [6.07, 6.45) is 5.02. The maximum Gasteiger partial charge on any atom is 0.293 e. The van der Waals surface area contributed by atoms with Gasteiger partial charge in [-0.3, -0.25) is 19.8 Å². The fraction of sp³-hybridized carbons (Fsp3) is 0.250. The van der Waals surface area contributed by atoms with Crippen molar-refractivity contribution in [2.75, 3.05) is 56.2 Å². The Balaban J connectivity index is 0.977. The lowest BCUT2D eigenvalue weighted by molar-refractivity contribution is -0.384. The molecule has 0 saturated carbocycles. The summed E-state index contributed by atoms with van der Waals surface area (Å²) in [5.41, 5.74) is 6.34. The first kappa shape index (κ1) is 40.1. The second-order valence-corrected chi connectivity index (χ2v) is 17.4. The van der Waals surface area contributed by atoms with Crippen LogP contribution in [0.5, 0.6) is 0 Å². The molecule has 2 saturated heterocycles. The van der Waals surface area contributed by atoms with Gasteiger partial charge in [0.1, 0.15) is 16.9 Å². The number of aromatic amines is 1. The average molecular weight is 860 g/mol. The summed E-state index contributed by atoms with van der Waals surface area (Å²) >= 11 is 6.17. The third-order valence-electron chi connectivity index (χ3n) is 11.5. The van der Waals surface area contributed by atoms with Crippen LogP contribution in [0.4, 0.5) is 17.1 Å². The molecule has 7 aromatic rings. The molecule has 2 fully saturated rings. The van der Waals surface area contributed by atoms with Crippen LogP contribution in [0.15, 0.2) is 114 Å². The number of amides is 1. The van der Waals surface area contributed by atoms with Crippen LogP contribution in [0, 0.1) is 16.0 Å². The van der Waals surface area contributed by atoms with Gasteiger partial charge < -0.3 is 19.9 Å². The Hall–Kier alpha value is -6.33. The first-order valence-corrected chi connectivity index (χ1v) is 21.9. The predicted molar refractivity (Wildman–Crippen MR) is 235 cm³/mol. The Kier molecular flexibility index (Phi) is 11.2. The van der Waals surface area contributed by atoms with Gasteiger partial charge in [0.2, 0.25) is 0 Å². The van der Waals surface area contributed by atoms with Crippen molar-refractivity contribution in [1.82, 2.24) is 29.4 Å². The summed E-state index contributed by atoms with van der Waals surface area (Å²) < 4.78 is 36.7. The number of sulfonamides is 1. The van der Waals surface area contributed by atoms with E-state index in [0.717, 1.165) is 60.7 Å². The maximum atomic E-state index is 14.1. The summed E-state index contributed by atoms with van der Waals surface area (Å²) in [4.78, 5) is 37.6. The van der Waals surface area contributed by atoms with Gasteiger partial charge >= 0.3 is 0 Å². The Morgan fingerprint density at radius 2 is 1.74 bits per heavy atom. The van der Waals surface area contributed by atoms with E-state index in [0.29, 0.717) is 60.2 Å². The van der Waals surface area contributed by atoms with E-state index >= 15 is 0 Å². The summed E-state index contributed by atoms with van der Waals surface area (Å²) in [5, 5.41) is 21.4. The van der Waals surface area contributed by atoms with Crippen LogP contribution in [0.2, 0.25) is 5.02 Å². The number of piperazine rings is 1. The SMILES string of the molecule is O=C(NS(=O)(=O)c1ccc(NCC2CCOCC2)c([N+](=O)[O-])c1)c1ccc(N2CCN(Cc3ccccc3-c3ccc(Cl)cc3)CC2)cc1-n1ncc2nc3[nH]ccc3cc21. The zero-order valence-corrected chi connectivity index (χ0v) is 34.5.